The summed E-state index contributed by atoms with van der Waals surface area (Å²) in [5, 5.41) is 0.933. The number of aromatic nitrogens is 2. The Morgan fingerprint density at radius 2 is 1.88 bits per heavy atom. The van der Waals surface area contributed by atoms with Crippen LogP contribution in [0.2, 0.25) is 10.0 Å². The number of Topliss-reactive ketones (excluding diaryl/α,β-unsaturated/α-hetero) is 1. The molecule has 0 spiro atoms. The molecule has 0 fully saturated rings. The Labute approximate surface area is 168 Å². The van der Waals surface area contributed by atoms with Gasteiger partial charge in [0, 0.05) is 16.1 Å². The van der Waals surface area contributed by atoms with E-state index < -0.39 is 0 Å². The molecule has 134 valence electrons. The van der Waals surface area contributed by atoms with E-state index in [4.69, 9.17) is 23.2 Å². The van der Waals surface area contributed by atoms with Gasteiger partial charge in [-0.1, -0.05) is 53.5 Å². The van der Waals surface area contributed by atoms with Gasteiger partial charge in [0.15, 0.2) is 12.2 Å². The minimum Gasteiger partial charge on any atom is -1.00 e. The molecule has 0 N–H and O–H groups in total. The van der Waals surface area contributed by atoms with Crippen LogP contribution >= 0.6 is 23.2 Å². The number of nitrogens with zero attached hydrogens (tertiary/aromatic N) is 2. The number of imidazole rings is 1. The van der Waals surface area contributed by atoms with Crippen molar-refractivity contribution >= 4 is 29.0 Å². The van der Waals surface area contributed by atoms with E-state index >= 15 is 0 Å². The number of rotatable bonds is 4. The lowest BCUT2D eigenvalue weighted by atomic mass is 10.1. The monoisotopic (exact) mass is 406 g/mol. The first kappa shape index (κ1) is 19.0. The fourth-order valence-electron chi connectivity index (χ4n) is 3.44. The van der Waals surface area contributed by atoms with Crippen molar-refractivity contribution in [2.75, 3.05) is 0 Å². The van der Waals surface area contributed by atoms with Gasteiger partial charge in [-0.3, -0.25) is 4.79 Å². The predicted molar refractivity (Wildman–Crippen MR) is 99.2 cm³/mol. The molecule has 0 unspecified atom stereocenters. The number of benzene rings is 2. The van der Waals surface area contributed by atoms with Gasteiger partial charge >= 0.3 is 0 Å². The van der Waals surface area contributed by atoms with Crippen LogP contribution in [0.1, 0.15) is 22.6 Å². The highest BCUT2D eigenvalue weighted by molar-refractivity contribution is 6.36. The molecule has 0 radical (unpaired) electrons. The van der Waals surface area contributed by atoms with E-state index in [0.29, 0.717) is 15.6 Å². The zero-order valence-corrected chi connectivity index (χ0v) is 16.2. The van der Waals surface area contributed by atoms with Crippen LogP contribution in [0.4, 0.5) is 0 Å². The molecule has 4 rings (SSSR count). The van der Waals surface area contributed by atoms with Crippen LogP contribution in [0.15, 0.2) is 54.7 Å². The van der Waals surface area contributed by atoms with Gasteiger partial charge < -0.3 is 12.4 Å². The van der Waals surface area contributed by atoms with Gasteiger partial charge in [-0.05, 0) is 24.6 Å². The maximum Gasteiger partial charge on any atom is 0.257 e. The Balaban J connectivity index is 0.00000196. The van der Waals surface area contributed by atoms with Crippen molar-refractivity contribution in [3.05, 3.63) is 76.2 Å². The second kappa shape index (κ2) is 7.83. The number of hydrogen-bond donors (Lipinski definition) is 0. The molecule has 1 aromatic heterocycles. The van der Waals surface area contributed by atoms with E-state index in [1.54, 1.807) is 18.2 Å². The maximum atomic E-state index is 12.7. The zero-order chi connectivity index (χ0) is 17.4. The van der Waals surface area contributed by atoms with E-state index in [1.807, 2.05) is 18.2 Å². The molecule has 0 bridgehead atoms. The van der Waals surface area contributed by atoms with Gasteiger partial charge in [-0.15, -0.1) is 0 Å². The van der Waals surface area contributed by atoms with Crippen molar-refractivity contribution in [1.82, 2.24) is 4.57 Å². The van der Waals surface area contributed by atoms with Crippen molar-refractivity contribution < 1.29 is 21.8 Å². The first-order valence-electron chi connectivity index (χ1n) is 8.29. The first-order valence-corrected chi connectivity index (χ1v) is 9.04. The van der Waals surface area contributed by atoms with Crippen LogP contribution in [-0.2, 0) is 19.5 Å². The predicted octanol–water partition coefficient (Wildman–Crippen LogP) is 1.58. The van der Waals surface area contributed by atoms with Crippen molar-refractivity contribution in [1.29, 1.82) is 0 Å². The molecule has 26 heavy (non-hydrogen) atoms. The van der Waals surface area contributed by atoms with Crippen molar-refractivity contribution in [3.8, 4) is 11.3 Å². The summed E-state index contributed by atoms with van der Waals surface area (Å²) in [7, 11) is 0. The minimum absolute atomic E-state index is 0. The zero-order valence-electron chi connectivity index (χ0n) is 14.0. The fraction of sp³-hybridized carbons (Fsp3) is 0.200. The third-order valence-electron chi connectivity index (χ3n) is 4.61. The average Bonchev–Trinajstić information content (AvgIpc) is 3.19. The van der Waals surface area contributed by atoms with Crippen molar-refractivity contribution in [2.45, 2.75) is 25.9 Å². The van der Waals surface area contributed by atoms with Crippen molar-refractivity contribution in [3.63, 3.8) is 0 Å². The summed E-state index contributed by atoms with van der Waals surface area (Å²) in [6, 6.07) is 15.3. The third-order valence-corrected chi connectivity index (χ3v) is 5.16. The van der Waals surface area contributed by atoms with E-state index in [-0.39, 0.29) is 24.7 Å². The molecule has 1 aliphatic rings. The standard InChI is InChI=1S/C20H17Cl2N2O.ClH/c21-15-8-9-16(17(22)11-15)19(25)13-23-12-18(14-5-2-1-3-6-14)24-10-4-7-20(23)24;/h1-3,5-6,8-9,11-12H,4,7,10,13H2;1H/q+1;/p-1. The summed E-state index contributed by atoms with van der Waals surface area (Å²) in [4.78, 5) is 12.7. The Kier molecular flexibility index (Phi) is 5.71. The molecule has 3 nitrogen and oxygen atoms in total. The smallest absolute Gasteiger partial charge is 0.257 e. The molecule has 0 atom stereocenters. The summed E-state index contributed by atoms with van der Waals surface area (Å²) >= 11 is 12.1. The van der Waals surface area contributed by atoms with E-state index in [9.17, 15) is 4.79 Å². The number of ketones is 1. The third kappa shape index (κ3) is 3.52. The molecular formula is C20H17Cl3N2O. The molecule has 6 heteroatoms. The van der Waals surface area contributed by atoms with Crippen LogP contribution < -0.4 is 17.0 Å². The minimum atomic E-state index is -0.00780. The molecule has 3 aromatic rings. The lowest BCUT2D eigenvalue weighted by molar-refractivity contribution is -0.689. The summed E-state index contributed by atoms with van der Waals surface area (Å²) in [6.07, 6.45) is 4.16. The number of carbonyl (C=O) groups is 1. The molecule has 0 amide bonds. The molecule has 1 aliphatic heterocycles. The van der Waals surface area contributed by atoms with Crippen LogP contribution in [0, 0.1) is 0 Å². The van der Waals surface area contributed by atoms with E-state index in [0.717, 1.165) is 25.1 Å². The molecule has 2 heterocycles. The lowest BCUT2D eigenvalue weighted by Gasteiger charge is -2.03. The number of hydrogen-bond acceptors (Lipinski definition) is 1. The lowest BCUT2D eigenvalue weighted by Crippen LogP contribution is -3.00. The quantitative estimate of drug-likeness (QED) is 0.476. The van der Waals surface area contributed by atoms with Crippen molar-refractivity contribution in [2.24, 2.45) is 0 Å². The SMILES string of the molecule is O=C(C[n+]1cc(-c2ccccc2)n2c1CCC2)c1ccc(Cl)cc1Cl.[Cl-]. The van der Waals surface area contributed by atoms with Gasteiger partial charge in [-0.25, -0.2) is 9.13 Å². The highest BCUT2D eigenvalue weighted by atomic mass is 35.5. The largest absolute Gasteiger partial charge is 1.00 e. The second-order valence-electron chi connectivity index (χ2n) is 6.23. The highest BCUT2D eigenvalue weighted by Gasteiger charge is 2.30. The van der Waals surface area contributed by atoms with Crippen LogP contribution in [0.25, 0.3) is 11.3 Å². The second-order valence-corrected chi connectivity index (χ2v) is 7.07. The molecule has 2 aromatic carbocycles. The van der Waals surface area contributed by atoms with Gasteiger partial charge in [0.25, 0.3) is 5.82 Å². The molecular weight excluding hydrogens is 391 g/mol. The van der Waals surface area contributed by atoms with Crippen LogP contribution in [0.3, 0.4) is 0 Å². The van der Waals surface area contributed by atoms with E-state index in [1.165, 1.54) is 11.4 Å². The normalized spacial score (nSPS) is 12.5. The molecule has 0 saturated heterocycles. The van der Waals surface area contributed by atoms with Gasteiger partial charge in [-0.2, -0.15) is 0 Å². The van der Waals surface area contributed by atoms with Gasteiger partial charge in [0.1, 0.15) is 6.20 Å². The number of halogens is 3. The highest BCUT2D eigenvalue weighted by Crippen LogP contribution is 2.25. The average molecular weight is 408 g/mol. The Hall–Kier alpha value is -1.81. The summed E-state index contributed by atoms with van der Waals surface area (Å²) < 4.78 is 4.37. The summed E-state index contributed by atoms with van der Waals surface area (Å²) in [5.74, 6) is 1.18. The number of carbonyl (C=O) groups excluding carboxylic acids is 1. The first-order chi connectivity index (χ1) is 12.1. The molecule has 0 saturated carbocycles. The van der Waals surface area contributed by atoms with Crippen LogP contribution in [0.5, 0.6) is 0 Å². The Morgan fingerprint density at radius 3 is 2.62 bits per heavy atom. The number of fused-ring (bicyclic) bond motifs is 1. The van der Waals surface area contributed by atoms with Crippen LogP contribution in [-0.4, -0.2) is 10.4 Å². The van der Waals surface area contributed by atoms with E-state index in [2.05, 4.69) is 27.5 Å². The maximum absolute atomic E-state index is 12.7. The Morgan fingerprint density at radius 1 is 1.12 bits per heavy atom. The topological polar surface area (TPSA) is 25.9 Å². The Bertz CT molecular complexity index is 951. The summed E-state index contributed by atoms with van der Waals surface area (Å²) in [6.45, 7) is 1.27. The van der Waals surface area contributed by atoms with Gasteiger partial charge in [0.05, 0.1) is 18.0 Å². The summed E-state index contributed by atoms with van der Waals surface area (Å²) in [5.41, 5.74) is 2.84. The molecule has 0 aliphatic carbocycles. The fourth-order valence-corrected chi connectivity index (χ4v) is 3.95. The van der Waals surface area contributed by atoms with Gasteiger partial charge in [0.2, 0.25) is 5.78 Å².